The Labute approximate surface area is 209 Å². The summed E-state index contributed by atoms with van der Waals surface area (Å²) >= 11 is 0. The Morgan fingerprint density at radius 1 is 1.05 bits per heavy atom. The summed E-state index contributed by atoms with van der Waals surface area (Å²) in [5, 5.41) is -1.17. The number of fused-ring (bicyclic) bond motifs is 1. The van der Waals surface area contributed by atoms with Gasteiger partial charge in [-0.2, -0.15) is 31.1 Å². The first-order valence-corrected chi connectivity index (χ1v) is 13.3. The van der Waals surface area contributed by atoms with Crippen LogP contribution in [0.3, 0.4) is 0 Å². The smallest absolute Gasteiger partial charge is 0.344 e. The average Bonchev–Trinajstić information content (AvgIpc) is 3.11. The van der Waals surface area contributed by atoms with Crippen LogP contribution in [0.15, 0.2) is 42.6 Å². The molecule has 0 spiro atoms. The topological polar surface area (TPSA) is 51.1 Å². The fraction of sp³-hybridized carbons (Fsp3) is 0.440. The van der Waals surface area contributed by atoms with Gasteiger partial charge in [-0.15, -0.1) is 0 Å². The molecule has 2 aromatic carbocycles. The number of halogens is 7. The number of aromatic nitrogens is 1. The number of rotatable bonds is 7. The van der Waals surface area contributed by atoms with Crippen molar-refractivity contribution >= 4 is 20.9 Å². The minimum atomic E-state index is -5.05. The molecular formula is C25H25F7N2O2S. The third-order valence-electron chi connectivity index (χ3n) is 6.95. The molecule has 0 aliphatic heterocycles. The van der Waals surface area contributed by atoms with Crippen molar-refractivity contribution in [1.29, 1.82) is 0 Å². The number of nitrogens with one attached hydrogen (secondary N) is 1. The molecule has 4 nitrogen and oxygen atoms in total. The Morgan fingerprint density at radius 3 is 2.24 bits per heavy atom. The highest BCUT2D eigenvalue weighted by Gasteiger charge is 2.47. The van der Waals surface area contributed by atoms with Crippen molar-refractivity contribution in [2.75, 3.05) is 0 Å². The van der Waals surface area contributed by atoms with Crippen LogP contribution < -0.4 is 4.72 Å². The van der Waals surface area contributed by atoms with Gasteiger partial charge in [-0.3, -0.25) is 0 Å². The van der Waals surface area contributed by atoms with Crippen LogP contribution in [-0.4, -0.2) is 24.4 Å². The molecule has 0 amide bonds. The molecule has 2 atom stereocenters. The average molecular weight is 551 g/mol. The second-order valence-corrected chi connectivity index (χ2v) is 11.3. The fourth-order valence-electron chi connectivity index (χ4n) is 4.51. The predicted molar refractivity (Wildman–Crippen MR) is 126 cm³/mol. The Hall–Kier alpha value is -2.60. The summed E-state index contributed by atoms with van der Waals surface area (Å²) in [7, 11) is -4.32. The highest BCUT2D eigenvalue weighted by molar-refractivity contribution is 7.90. The quantitative estimate of drug-likeness (QED) is 0.310. The van der Waals surface area contributed by atoms with E-state index in [4.69, 9.17) is 0 Å². The van der Waals surface area contributed by atoms with E-state index in [1.54, 1.807) is 18.6 Å². The van der Waals surface area contributed by atoms with Crippen molar-refractivity contribution in [3.8, 4) is 11.1 Å². The van der Waals surface area contributed by atoms with Gasteiger partial charge in [0.25, 0.3) is 0 Å². The molecule has 1 heterocycles. The van der Waals surface area contributed by atoms with E-state index >= 15 is 4.39 Å². The minimum Gasteiger partial charge on any atom is -0.344 e. The Bertz CT molecular complexity index is 1410. The zero-order chi connectivity index (χ0) is 27.3. The largest absolute Gasteiger partial charge is 0.417 e. The molecule has 3 aromatic rings. The van der Waals surface area contributed by atoms with Crippen molar-refractivity contribution in [3.05, 3.63) is 59.5 Å². The van der Waals surface area contributed by atoms with Crippen molar-refractivity contribution in [3.63, 3.8) is 0 Å². The third-order valence-corrected chi connectivity index (χ3v) is 8.87. The number of nitrogens with zero attached hydrogens (tertiary/aromatic N) is 1. The molecule has 1 N–H and O–H groups in total. The zero-order valence-electron chi connectivity index (χ0n) is 19.9. The molecule has 1 unspecified atom stereocenters. The number of benzene rings is 2. The Balaban J connectivity index is 1.95. The minimum absolute atomic E-state index is 0.0646. The number of hydrogen-bond donors (Lipinski definition) is 1. The summed E-state index contributed by atoms with van der Waals surface area (Å²) in [6.45, 7) is 3.46. The van der Waals surface area contributed by atoms with Crippen LogP contribution in [0.4, 0.5) is 30.7 Å². The van der Waals surface area contributed by atoms with Gasteiger partial charge in [-0.1, -0.05) is 31.5 Å². The Morgan fingerprint density at radius 2 is 1.70 bits per heavy atom. The fourth-order valence-corrected chi connectivity index (χ4v) is 6.24. The summed E-state index contributed by atoms with van der Waals surface area (Å²) in [6.07, 6.45) is -7.22. The van der Waals surface area contributed by atoms with Crippen molar-refractivity contribution in [2.45, 2.75) is 69.2 Å². The van der Waals surface area contributed by atoms with E-state index in [1.165, 1.54) is 10.6 Å². The van der Waals surface area contributed by atoms with Crippen LogP contribution in [0.25, 0.3) is 22.0 Å². The summed E-state index contributed by atoms with van der Waals surface area (Å²) in [5.74, 6) is -1.16. The lowest BCUT2D eigenvalue weighted by molar-refractivity contribution is -0.152. The first-order valence-electron chi connectivity index (χ1n) is 11.7. The van der Waals surface area contributed by atoms with E-state index in [9.17, 15) is 34.8 Å². The molecule has 1 aromatic heterocycles. The van der Waals surface area contributed by atoms with Gasteiger partial charge in [0, 0.05) is 34.3 Å². The van der Waals surface area contributed by atoms with Crippen LogP contribution >= 0.6 is 0 Å². The number of hydrogen-bond acceptors (Lipinski definition) is 2. The second-order valence-electron chi connectivity index (χ2n) is 9.33. The lowest BCUT2D eigenvalue weighted by atomic mass is 9.96. The molecule has 0 bridgehead atoms. The highest BCUT2D eigenvalue weighted by Crippen LogP contribution is 2.43. The van der Waals surface area contributed by atoms with Crippen molar-refractivity contribution in [2.24, 2.45) is 0 Å². The van der Waals surface area contributed by atoms with Crippen LogP contribution in [0, 0.1) is 5.82 Å². The van der Waals surface area contributed by atoms with Gasteiger partial charge < -0.3 is 4.57 Å². The van der Waals surface area contributed by atoms with E-state index < -0.39 is 67.8 Å². The molecule has 1 fully saturated rings. The van der Waals surface area contributed by atoms with Crippen LogP contribution in [0.1, 0.15) is 62.7 Å². The Kier molecular flexibility index (Phi) is 7.13. The van der Waals surface area contributed by atoms with Gasteiger partial charge in [0.2, 0.25) is 10.0 Å². The molecule has 12 heteroatoms. The summed E-state index contributed by atoms with van der Waals surface area (Å²) < 4.78 is 127. The molecule has 0 saturated heterocycles. The molecular weight excluding hydrogens is 525 g/mol. The lowest BCUT2D eigenvalue weighted by Gasteiger charge is -2.29. The van der Waals surface area contributed by atoms with Crippen molar-refractivity contribution < 1.29 is 39.2 Å². The molecule has 4 rings (SSSR count). The molecule has 1 aliphatic carbocycles. The van der Waals surface area contributed by atoms with Gasteiger partial charge >= 0.3 is 12.4 Å². The summed E-state index contributed by atoms with van der Waals surface area (Å²) in [5.41, 5.74) is -2.41. The third kappa shape index (κ3) is 5.22. The van der Waals surface area contributed by atoms with E-state index in [0.717, 1.165) is 36.5 Å². The highest BCUT2D eigenvalue weighted by atomic mass is 32.2. The monoisotopic (exact) mass is 550 g/mol. The van der Waals surface area contributed by atoms with Crippen molar-refractivity contribution in [1.82, 2.24) is 9.29 Å². The maximum Gasteiger partial charge on any atom is 0.417 e. The standard InChI is InChI=1S/C25H25F7N2O2S/c1-3-14(2)34-13-19(23(25(30,31)32)33-37(35,36)15-7-6-8-15)18-11-21(26)17(12-22(18)34)16-9-4-5-10-20(16)24(27,28)29/h4-5,9-15,23,33H,3,6-8H2,1-2H3/t14?,23-/m0/s1. The lowest BCUT2D eigenvalue weighted by Crippen LogP contribution is -2.44. The number of alkyl halides is 6. The number of sulfonamides is 1. The van der Waals surface area contributed by atoms with E-state index in [1.807, 2.05) is 0 Å². The van der Waals surface area contributed by atoms with Crippen LogP contribution in [0.5, 0.6) is 0 Å². The van der Waals surface area contributed by atoms with E-state index in [0.29, 0.717) is 12.8 Å². The van der Waals surface area contributed by atoms with E-state index in [-0.39, 0.29) is 23.7 Å². The molecule has 1 saturated carbocycles. The van der Waals surface area contributed by atoms with Gasteiger partial charge in [0.05, 0.1) is 10.8 Å². The first-order chi connectivity index (χ1) is 17.1. The first kappa shape index (κ1) is 27.4. The zero-order valence-corrected chi connectivity index (χ0v) is 20.7. The molecule has 1 aliphatic rings. The molecule has 202 valence electrons. The second kappa shape index (κ2) is 9.61. The van der Waals surface area contributed by atoms with Gasteiger partial charge in [0.15, 0.2) is 0 Å². The maximum absolute atomic E-state index is 15.3. The maximum atomic E-state index is 15.3. The van der Waals surface area contributed by atoms with Gasteiger partial charge in [0.1, 0.15) is 11.9 Å². The normalized spacial score (nSPS) is 17.1. The van der Waals surface area contributed by atoms with Crippen LogP contribution in [0.2, 0.25) is 0 Å². The summed E-state index contributed by atoms with van der Waals surface area (Å²) in [6, 6.07) is 3.14. The SMILES string of the molecule is CCC(C)n1cc([C@H](NS(=O)(=O)C2CCC2)C(F)(F)F)c2cc(F)c(-c3ccccc3C(F)(F)F)cc21. The van der Waals surface area contributed by atoms with Gasteiger partial charge in [-0.05, 0) is 49.9 Å². The predicted octanol–water partition coefficient (Wildman–Crippen LogP) is 7.51. The molecule has 0 radical (unpaired) electrons. The van der Waals surface area contributed by atoms with E-state index in [2.05, 4.69) is 0 Å². The summed E-state index contributed by atoms with van der Waals surface area (Å²) in [4.78, 5) is 0. The van der Waals surface area contributed by atoms with Gasteiger partial charge in [-0.25, -0.2) is 12.8 Å². The molecule has 37 heavy (non-hydrogen) atoms. The van der Waals surface area contributed by atoms with Crippen LogP contribution in [-0.2, 0) is 16.2 Å².